The minimum absolute atomic E-state index is 0.626. The lowest BCUT2D eigenvalue weighted by atomic mass is 10.1. The maximum absolute atomic E-state index is 3.49. The first-order valence-corrected chi connectivity index (χ1v) is 6.99. The van der Waals surface area contributed by atoms with Crippen molar-refractivity contribution in [3.05, 3.63) is 0 Å². The molecule has 1 saturated heterocycles. The predicted molar refractivity (Wildman–Crippen MR) is 71.8 cm³/mol. The molecule has 0 amide bonds. The van der Waals surface area contributed by atoms with Gasteiger partial charge in [-0.3, -0.25) is 4.90 Å². The molecule has 1 aliphatic rings. The van der Waals surface area contributed by atoms with E-state index in [9.17, 15) is 0 Å². The minimum Gasteiger partial charge on any atom is -0.315 e. The van der Waals surface area contributed by atoms with Crippen LogP contribution in [-0.4, -0.2) is 36.1 Å². The van der Waals surface area contributed by atoms with E-state index in [4.69, 9.17) is 0 Å². The normalized spacial score (nSPS) is 28.9. The van der Waals surface area contributed by atoms with Crippen LogP contribution in [0.1, 0.15) is 53.9 Å². The van der Waals surface area contributed by atoms with Gasteiger partial charge < -0.3 is 5.32 Å². The maximum Gasteiger partial charge on any atom is 0.00728 e. The van der Waals surface area contributed by atoms with E-state index in [2.05, 4.69) is 44.8 Å². The molecule has 0 aromatic heterocycles. The summed E-state index contributed by atoms with van der Waals surface area (Å²) >= 11 is 0. The van der Waals surface area contributed by atoms with Crippen LogP contribution in [0.15, 0.2) is 0 Å². The Morgan fingerprint density at radius 3 is 2.44 bits per heavy atom. The molecule has 1 N–H and O–H groups in total. The van der Waals surface area contributed by atoms with Crippen molar-refractivity contribution in [3.63, 3.8) is 0 Å². The third kappa shape index (κ3) is 4.42. The first-order chi connectivity index (χ1) is 7.50. The van der Waals surface area contributed by atoms with Gasteiger partial charge in [0.25, 0.3) is 0 Å². The van der Waals surface area contributed by atoms with Gasteiger partial charge >= 0.3 is 0 Å². The molecular weight excluding hydrogens is 196 g/mol. The SMILES string of the molecule is CC1CC(C)N(C(C)CCCNC(C)C)C1. The summed E-state index contributed by atoms with van der Waals surface area (Å²) in [6, 6.07) is 2.18. The van der Waals surface area contributed by atoms with E-state index in [1.165, 1.54) is 32.4 Å². The summed E-state index contributed by atoms with van der Waals surface area (Å²) in [5.74, 6) is 0.895. The van der Waals surface area contributed by atoms with Crippen molar-refractivity contribution in [1.29, 1.82) is 0 Å². The highest BCUT2D eigenvalue weighted by molar-refractivity contribution is 4.83. The number of rotatable bonds is 6. The Bertz CT molecular complexity index is 191. The fraction of sp³-hybridized carbons (Fsp3) is 1.00. The average Bonchev–Trinajstić information content (AvgIpc) is 2.52. The summed E-state index contributed by atoms with van der Waals surface area (Å²) in [7, 11) is 0. The number of nitrogens with one attached hydrogen (secondary N) is 1. The first-order valence-electron chi connectivity index (χ1n) is 6.99. The summed E-state index contributed by atoms with van der Waals surface area (Å²) < 4.78 is 0. The van der Waals surface area contributed by atoms with Crippen LogP contribution in [0.5, 0.6) is 0 Å². The quantitative estimate of drug-likeness (QED) is 0.701. The number of hydrogen-bond donors (Lipinski definition) is 1. The van der Waals surface area contributed by atoms with Gasteiger partial charge in [-0.1, -0.05) is 20.8 Å². The number of nitrogens with zero attached hydrogens (tertiary/aromatic N) is 1. The van der Waals surface area contributed by atoms with Crippen LogP contribution in [0.3, 0.4) is 0 Å². The van der Waals surface area contributed by atoms with Gasteiger partial charge in [-0.05, 0) is 45.6 Å². The Hall–Kier alpha value is -0.0800. The summed E-state index contributed by atoms with van der Waals surface area (Å²) in [6.45, 7) is 14.1. The van der Waals surface area contributed by atoms with Gasteiger partial charge in [-0.25, -0.2) is 0 Å². The lowest BCUT2D eigenvalue weighted by Gasteiger charge is -2.28. The Balaban J connectivity index is 2.17. The van der Waals surface area contributed by atoms with Crippen molar-refractivity contribution < 1.29 is 0 Å². The van der Waals surface area contributed by atoms with Crippen LogP contribution < -0.4 is 5.32 Å². The molecule has 1 aliphatic heterocycles. The molecule has 3 unspecified atom stereocenters. The van der Waals surface area contributed by atoms with Crippen LogP contribution >= 0.6 is 0 Å². The molecule has 1 rings (SSSR count). The molecular formula is C14H30N2. The molecule has 0 bridgehead atoms. The second-order valence-corrected chi connectivity index (χ2v) is 5.99. The van der Waals surface area contributed by atoms with Crippen LogP contribution in [0, 0.1) is 5.92 Å². The third-order valence-corrected chi connectivity index (χ3v) is 3.75. The van der Waals surface area contributed by atoms with Crippen molar-refractivity contribution in [3.8, 4) is 0 Å². The summed E-state index contributed by atoms with van der Waals surface area (Å²) in [6.07, 6.45) is 4.02. The summed E-state index contributed by atoms with van der Waals surface area (Å²) in [5.41, 5.74) is 0. The van der Waals surface area contributed by atoms with Crippen LogP contribution in [0.25, 0.3) is 0 Å². The molecule has 1 fully saturated rings. The van der Waals surface area contributed by atoms with Crippen molar-refractivity contribution in [2.75, 3.05) is 13.1 Å². The maximum atomic E-state index is 3.49. The molecule has 2 heteroatoms. The van der Waals surface area contributed by atoms with Crippen LogP contribution in [0.4, 0.5) is 0 Å². The molecule has 0 aromatic rings. The van der Waals surface area contributed by atoms with E-state index in [0.717, 1.165) is 18.0 Å². The fourth-order valence-electron chi connectivity index (χ4n) is 2.90. The largest absolute Gasteiger partial charge is 0.315 e. The van der Waals surface area contributed by atoms with Crippen molar-refractivity contribution >= 4 is 0 Å². The van der Waals surface area contributed by atoms with Gasteiger partial charge in [0.05, 0.1) is 0 Å². The van der Waals surface area contributed by atoms with Crippen molar-refractivity contribution in [2.24, 2.45) is 5.92 Å². The Morgan fingerprint density at radius 1 is 1.25 bits per heavy atom. The standard InChI is InChI=1S/C14H30N2/c1-11(2)15-8-6-7-13(4)16-10-12(3)9-14(16)5/h11-15H,6-10H2,1-5H3. The smallest absolute Gasteiger partial charge is 0.00728 e. The molecule has 16 heavy (non-hydrogen) atoms. The summed E-state index contributed by atoms with van der Waals surface area (Å²) in [5, 5.41) is 3.49. The van der Waals surface area contributed by atoms with Gasteiger partial charge in [-0.15, -0.1) is 0 Å². The van der Waals surface area contributed by atoms with Gasteiger partial charge in [0.2, 0.25) is 0 Å². The first kappa shape index (κ1) is 14.0. The molecule has 2 nitrogen and oxygen atoms in total. The molecule has 0 spiro atoms. The fourth-order valence-corrected chi connectivity index (χ4v) is 2.90. The number of hydrogen-bond acceptors (Lipinski definition) is 2. The third-order valence-electron chi connectivity index (χ3n) is 3.75. The number of likely N-dealkylation sites (tertiary alicyclic amines) is 1. The zero-order chi connectivity index (χ0) is 12.1. The monoisotopic (exact) mass is 226 g/mol. The van der Waals surface area contributed by atoms with Crippen LogP contribution in [0.2, 0.25) is 0 Å². The molecule has 3 atom stereocenters. The molecule has 1 heterocycles. The molecule has 0 aromatic carbocycles. The highest BCUT2D eigenvalue weighted by Crippen LogP contribution is 2.25. The highest BCUT2D eigenvalue weighted by atomic mass is 15.2. The van der Waals surface area contributed by atoms with E-state index >= 15 is 0 Å². The van der Waals surface area contributed by atoms with Crippen molar-refractivity contribution in [2.45, 2.75) is 72.0 Å². The van der Waals surface area contributed by atoms with Gasteiger partial charge in [-0.2, -0.15) is 0 Å². The highest BCUT2D eigenvalue weighted by Gasteiger charge is 2.28. The van der Waals surface area contributed by atoms with Gasteiger partial charge in [0, 0.05) is 24.7 Å². The van der Waals surface area contributed by atoms with Gasteiger partial charge in [0.15, 0.2) is 0 Å². The Kier molecular flexibility index (Phi) is 5.77. The zero-order valence-corrected chi connectivity index (χ0v) is 11.8. The molecule has 96 valence electrons. The Labute approximate surface area is 102 Å². The average molecular weight is 226 g/mol. The Morgan fingerprint density at radius 2 is 1.94 bits per heavy atom. The zero-order valence-electron chi connectivity index (χ0n) is 11.8. The molecule has 0 saturated carbocycles. The van der Waals surface area contributed by atoms with E-state index < -0.39 is 0 Å². The van der Waals surface area contributed by atoms with Gasteiger partial charge in [0.1, 0.15) is 0 Å². The predicted octanol–water partition coefficient (Wildman–Crippen LogP) is 2.88. The topological polar surface area (TPSA) is 15.3 Å². The van der Waals surface area contributed by atoms with Crippen molar-refractivity contribution in [1.82, 2.24) is 10.2 Å². The van der Waals surface area contributed by atoms with E-state index in [-0.39, 0.29) is 0 Å². The second-order valence-electron chi connectivity index (χ2n) is 5.99. The van der Waals surface area contributed by atoms with Crippen LogP contribution in [-0.2, 0) is 0 Å². The lowest BCUT2D eigenvalue weighted by molar-refractivity contribution is 0.188. The molecule has 0 aliphatic carbocycles. The van der Waals surface area contributed by atoms with E-state index in [1.54, 1.807) is 0 Å². The van der Waals surface area contributed by atoms with E-state index in [0.29, 0.717) is 6.04 Å². The van der Waals surface area contributed by atoms with E-state index in [1.807, 2.05) is 0 Å². The summed E-state index contributed by atoms with van der Waals surface area (Å²) in [4.78, 5) is 2.69. The minimum atomic E-state index is 0.626. The lowest BCUT2D eigenvalue weighted by Crippen LogP contribution is -2.36. The second kappa shape index (κ2) is 6.61. The molecule has 0 radical (unpaired) electrons.